The number of carbonyl (C=O) groups excluding carboxylic acids is 2. The number of hydrogen-bond acceptors (Lipinski definition) is 3. The predicted molar refractivity (Wildman–Crippen MR) is 90.9 cm³/mol. The third kappa shape index (κ3) is 3.85. The Morgan fingerprint density at radius 3 is 2.88 bits per heavy atom. The SMILES string of the molecule is CC1(NC(=O)c2ccc(Cl)o2)CCN(CCc2cccc(F)c2)C1=O. The van der Waals surface area contributed by atoms with Crippen LogP contribution in [-0.4, -0.2) is 35.3 Å². The minimum absolute atomic E-state index is 0.0669. The van der Waals surface area contributed by atoms with Gasteiger partial charge < -0.3 is 14.6 Å². The molecule has 1 aliphatic rings. The first kappa shape index (κ1) is 17.5. The fraction of sp³-hybridized carbons (Fsp3) is 0.333. The number of nitrogens with zero attached hydrogens (tertiary/aromatic N) is 1. The summed E-state index contributed by atoms with van der Waals surface area (Å²) in [5.74, 6) is -0.860. The maximum Gasteiger partial charge on any atom is 0.287 e. The Balaban J connectivity index is 1.61. The van der Waals surface area contributed by atoms with Gasteiger partial charge in [-0.1, -0.05) is 12.1 Å². The van der Waals surface area contributed by atoms with Crippen LogP contribution in [0.15, 0.2) is 40.8 Å². The highest BCUT2D eigenvalue weighted by Gasteiger charge is 2.44. The number of carbonyl (C=O) groups is 2. The molecule has 1 saturated heterocycles. The van der Waals surface area contributed by atoms with Gasteiger partial charge in [0, 0.05) is 13.1 Å². The zero-order valence-electron chi connectivity index (χ0n) is 13.7. The number of furan rings is 1. The first-order chi connectivity index (χ1) is 11.9. The van der Waals surface area contributed by atoms with Crippen LogP contribution < -0.4 is 5.32 Å². The first-order valence-corrected chi connectivity index (χ1v) is 8.37. The number of benzene rings is 1. The first-order valence-electron chi connectivity index (χ1n) is 7.99. The molecule has 2 aromatic rings. The molecule has 25 heavy (non-hydrogen) atoms. The summed E-state index contributed by atoms with van der Waals surface area (Å²) in [5.41, 5.74) is -0.158. The number of nitrogens with one attached hydrogen (secondary N) is 1. The number of halogens is 2. The molecule has 2 heterocycles. The molecule has 1 atom stereocenters. The van der Waals surface area contributed by atoms with E-state index in [1.807, 2.05) is 6.07 Å². The van der Waals surface area contributed by atoms with E-state index in [4.69, 9.17) is 16.0 Å². The van der Waals surface area contributed by atoms with Crippen molar-refractivity contribution in [1.29, 1.82) is 0 Å². The zero-order chi connectivity index (χ0) is 18.0. The maximum absolute atomic E-state index is 13.2. The van der Waals surface area contributed by atoms with E-state index in [0.29, 0.717) is 25.9 Å². The van der Waals surface area contributed by atoms with E-state index in [0.717, 1.165) is 5.56 Å². The third-order valence-corrected chi connectivity index (χ3v) is 4.59. The summed E-state index contributed by atoms with van der Waals surface area (Å²) in [6.07, 6.45) is 1.05. The fourth-order valence-corrected chi connectivity index (χ4v) is 3.10. The van der Waals surface area contributed by atoms with Crippen molar-refractivity contribution in [2.75, 3.05) is 13.1 Å². The smallest absolute Gasteiger partial charge is 0.287 e. The van der Waals surface area contributed by atoms with Crippen molar-refractivity contribution in [2.45, 2.75) is 25.3 Å². The molecule has 5 nitrogen and oxygen atoms in total. The second-order valence-electron chi connectivity index (χ2n) is 6.31. The van der Waals surface area contributed by atoms with Crippen molar-refractivity contribution in [3.63, 3.8) is 0 Å². The summed E-state index contributed by atoms with van der Waals surface area (Å²) >= 11 is 5.67. The van der Waals surface area contributed by atoms with Crippen molar-refractivity contribution in [2.24, 2.45) is 0 Å². The summed E-state index contributed by atoms with van der Waals surface area (Å²) in [7, 11) is 0. The molecule has 1 aromatic heterocycles. The highest BCUT2D eigenvalue weighted by molar-refractivity contribution is 6.29. The van der Waals surface area contributed by atoms with Gasteiger partial charge in [0.2, 0.25) is 5.91 Å². The average molecular weight is 365 g/mol. The molecule has 3 rings (SSSR count). The molecular weight excluding hydrogens is 347 g/mol. The number of rotatable bonds is 5. The van der Waals surface area contributed by atoms with Crippen molar-refractivity contribution in [3.05, 3.63) is 58.8 Å². The van der Waals surface area contributed by atoms with Gasteiger partial charge in [-0.15, -0.1) is 0 Å². The third-order valence-electron chi connectivity index (χ3n) is 4.39. The Bertz CT molecular complexity index is 807. The molecule has 7 heteroatoms. The van der Waals surface area contributed by atoms with E-state index in [2.05, 4.69) is 5.32 Å². The van der Waals surface area contributed by atoms with Gasteiger partial charge in [0.05, 0.1) is 0 Å². The van der Waals surface area contributed by atoms with Crippen LogP contribution in [0.1, 0.15) is 29.5 Å². The van der Waals surface area contributed by atoms with Gasteiger partial charge >= 0.3 is 0 Å². The minimum Gasteiger partial charge on any atom is -0.440 e. The van der Waals surface area contributed by atoms with E-state index in [9.17, 15) is 14.0 Å². The summed E-state index contributed by atoms with van der Waals surface area (Å²) in [5, 5.41) is 2.84. The van der Waals surface area contributed by atoms with Gasteiger partial charge in [-0.25, -0.2) is 4.39 Å². The minimum atomic E-state index is -0.988. The van der Waals surface area contributed by atoms with E-state index < -0.39 is 11.4 Å². The van der Waals surface area contributed by atoms with Gasteiger partial charge in [-0.3, -0.25) is 9.59 Å². The van der Waals surface area contributed by atoms with Gasteiger partial charge in [0.1, 0.15) is 11.4 Å². The largest absolute Gasteiger partial charge is 0.440 e. The molecule has 0 radical (unpaired) electrons. The molecule has 1 unspecified atom stereocenters. The Hall–Kier alpha value is -2.34. The Kier molecular flexibility index (Phi) is 4.81. The lowest BCUT2D eigenvalue weighted by Gasteiger charge is -2.24. The van der Waals surface area contributed by atoms with E-state index in [1.54, 1.807) is 17.9 Å². The Morgan fingerprint density at radius 2 is 2.20 bits per heavy atom. The maximum atomic E-state index is 13.2. The molecule has 0 saturated carbocycles. The predicted octanol–water partition coefficient (Wildman–Crippen LogP) is 3.04. The van der Waals surface area contributed by atoms with Gasteiger partial charge in [0.15, 0.2) is 11.0 Å². The van der Waals surface area contributed by atoms with Crippen LogP contribution in [0.3, 0.4) is 0 Å². The lowest BCUT2D eigenvalue weighted by molar-refractivity contribution is -0.132. The monoisotopic (exact) mass is 364 g/mol. The Morgan fingerprint density at radius 1 is 1.40 bits per heavy atom. The standard InChI is InChI=1S/C18H18ClFN2O3/c1-18(21-16(23)14-5-6-15(19)25-14)8-10-22(17(18)24)9-7-12-3-2-4-13(20)11-12/h2-6,11H,7-10H2,1H3,(H,21,23). The molecule has 1 fully saturated rings. The summed E-state index contributed by atoms with van der Waals surface area (Å²) < 4.78 is 18.3. The van der Waals surface area contributed by atoms with E-state index in [-0.39, 0.29) is 22.7 Å². The fourth-order valence-electron chi connectivity index (χ4n) is 2.95. The number of amides is 2. The highest BCUT2D eigenvalue weighted by Crippen LogP contribution is 2.24. The van der Waals surface area contributed by atoms with Gasteiger partial charge in [0.25, 0.3) is 5.91 Å². The molecule has 0 bridgehead atoms. The van der Waals surface area contributed by atoms with Crippen LogP contribution in [-0.2, 0) is 11.2 Å². The van der Waals surface area contributed by atoms with Crippen molar-refractivity contribution >= 4 is 23.4 Å². The summed E-state index contributed by atoms with van der Waals surface area (Å²) in [4.78, 5) is 26.6. The van der Waals surface area contributed by atoms with Crippen LogP contribution in [0.25, 0.3) is 0 Å². The molecule has 1 aliphatic heterocycles. The van der Waals surface area contributed by atoms with Crippen molar-refractivity contribution < 1.29 is 18.4 Å². The van der Waals surface area contributed by atoms with Crippen molar-refractivity contribution in [1.82, 2.24) is 10.2 Å². The lowest BCUT2D eigenvalue weighted by Crippen LogP contribution is -2.52. The molecule has 0 spiro atoms. The molecule has 132 valence electrons. The average Bonchev–Trinajstić information content (AvgIpc) is 3.11. The van der Waals surface area contributed by atoms with Crippen LogP contribution in [0.2, 0.25) is 5.22 Å². The lowest BCUT2D eigenvalue weighted by atomic mass is 10.0. The van der Waals surface area contributed by atoms with Crippen molar-refractivity contribution in [3.8, 4) is 0 Å². The molecular formula is C18H18ClFN2O3. The van der Waals surface area contributed by atoms with Gasteiger partial charge in [-0.05, 0) is 61.2 Å². The van der Waals surface area contributed by atoms with Crippen LogP contribution >= 0.6 is 11.6 Å². The van der Waals surface area contributed by atoms with Crippen LogP contribution in [0.4, 0.5) is 4.39 Å². The molecule has 1 aromatic carbocycles. The molecule has 1 N–H and O–H groups in total. The van der Waals surface area contributed by atoms with Crippen LogP contribution in [0.5, 0.6) is 0 Å². The summed E-state index contributed by atoms with van der Waals surface area (Å²) in [6.45, 7) is 2.70. The summed E-state index contributed by atoms with van der Waals surface area (Å²) in [6, 6.07) is 9.25. The van der Waals surface area contributed by atoms with Crippen LogP contribution in [0, 0.1) is 5.82 Å². The molecule has 2 amide bonds. The Labute approximate surface area is 149 Å². The van der Waals surface area contributed by atoms with E-state index >= 15 is 0 Å². The van der Waals surface area contributed by atoms with Gasteiger partial charge in [-0.2, -0.15) is 0 Å². The quantitative estimate of drug-likeness (QED) is 0.887. The number of likely N-dealkylation sites (tertiary alicyclic amines) is 1. The zero-order valence-corrected chi connectivity index (χ0v) is 14.5. The second-order valence-corrected chi connectivity index (χ2v) is 6.68. The number of hydrogen-bond donors (Lipinski definition) is 1. The normalized spacial score (nSPS) is 20.1. The highest BCUT2D eigenvalue weighted by atomic mass is 35.5. The van der Waals surface area contributed by atoms with E-state index in [1.165, 1.54) is 24.3 Å². The molecule has 0 aliphatic carbocycles. The topological polar surface area (TPSA) is 62.6 Å². The second kappa shape index (κ2) is 6.88.